The second-order valence-electron chi connectivity index (χ2n) is 4.32. The lowest BCUT2D eigenvalue weighted by Gasteiger charge is -2.06. The average molecular weight is 310 g/mol. The summed E-state index contributed by atoms with van der Waals surface area (Å²) in [6.45, 7) is 2.42. The fraction of sp³-hybridized carbons (Fsp3) is 0.286. The van der Waals surface area contributed by atoms with Crippen LogP contribution in [0.2, 0.25) is 0 Å². The van der Waals surface area contributed by atoms with Gasteiger partial charge in [-0.15, -0.1) is 11.3 Å². The van der Waals surface area contributed by atoms with Crippen molar-refractivity contribution >= 4 is 27.0 Å². The van der Waals surface area contributed by atoms with Crippen LogP contribution < -0.4 is 10.0 Å². The Bertz CT molecular complexity index is 661. The van der Waals surface area contributed by atoms with Crippen LogP contribution in [0.3, 0.4) is 0 Å². The van der Waals surface area contributed by atoms with Gasteiger partial charge >= 0.3 is 0 Å². The summed E-state index contributed by atoms with van der Waals surface area (Å²) in [5.74, 6) is 0. The normalized spacial score (nSPS) is 11.5. The van der Waals surface area contributed by atoms with Crippen LogP contribution in [0, 0.1) is 0 Å². The summed E-state index contributed by atoms with van der Waals surface area (Å²) in [6, 6.07) is 10.7. The molecule has 0 saturated heterocycles. The number of nitrogens with one attached hydrogen (secondary N) is 2. The molecule has 6 heteroatoms. The van der Waals surface area contributed by atoms with Crippen molar-refractivity contribution in [2.75, 3.05) is 12.4 Å². The van der Waals surface area contributed by atoms with Crippen molar-refractivity contribution in [2.45, 2.75) is 24.8 Å². The summed E-state index contributed by atoms with van der Waals surface area (Å²) in [4.78, 5) is 2.57. The quantitative estimate of drug-likeness (QED) is 0.862. The monoisotopic (exact) mass is 310 g/mol. The molecule has 0 spiro atoms. The number of hydrogen-bond donors (Lipinski definition) is 2. The molecule has 0 saturated carbocycles. The average Bonchev–Trinajstić information content (AvgIpc) is 2.93. The van der Waals surface area contributed by atoms with Crippen molar-refractivity contribution in [1.82, 2.24) is 4.72 Å². The van der Waals surface area contributed by atoms with Crippen molar-refractivity contribution in [2.24, 2.45) is 0 Å². The van der Waals surface area contributed by atoms with Gasteiger partial charge in [0.1, 0.15) is 0 Å². The maximum atomic E-state index is 12.2. The van der Waals surface area contributed by atoms with Crippen molar-refractivity contribution in [1.29, 1.82) is 0 Å². The van der Waals surface area contributed by atoms with Crippen LogP contribution >= 0.6 is 11.3 Å². The van der Waals surface area contributed by atoms with E-state index in [2.05, 4.69) is 17.0 Å². The molecule has 0 amide bonds. The van der Waals surface area contributed by atoms with E-state index in [1.54, 1.807) is 42.6 Å². The standard InChI is InChI=1S/C14H18N2O2S2/c1-3-12-6-7-13(19-12)10-16-20(17,18)14-8-4-11(15-2)5-9-14/h4-9,15-16H,3,10H2,1-2H3. The van der Waals surface area contributed by atoms with E-state index >= 15 is 0 Å². The summed E-state index contributed by atoms with van der Waals surface area (Å²) < 4.78 is 26.9. The first-order chi connectivity index (χ1) is 9.55. The van der Waals surface area contributed by atoms with Crippen molar-refractivity contribution < 1.29 is 8.42 Å². The summed E-state index contributed by atoms with van der Waals surface area (Å²) >= 11 is 1.64. The minimum absolute atomic E-state index is 0.281. The summed E-state index contributed by atoms with van der Waals surface area (Å²) in [7, 11) is -1.66. The third-order valence-electron chi connectivity index (χ3n) is 2.96. The molecule has 0 atom stereocenters. The van der Waals surface area contributed by atoms with Crippen LogP contribution in [0.1, 0.15) is 16.7 Å². The molecule has 0 radical (unpaired) electrons. The van der Waals surface area contributed by atoms with Crippen LogP contribution in [0.5, 0.6) is 0 Å². The highest BCUT2D eigenvalue weighted by molar-refractivity contribution is 7.89. The van der Waals surface area contributed by atoms with E-state index in [4.69, 9.17) is 0 Å². The van der Waals surface area contributed by atoms with Crippen molar-refractivity contribution in [3.05, 3.63) is 46.2 Å². The highest BCUT2D eigenvalue weighted by atomic mass is 32.2. The zero-order chi connectivity index (χ0) is 14.6. The minimum Gasteiger partial charge on any atom is -0.388 e. The van der Waals surface area contributed by atoms with Crippen molar-refractivity contribution in [3.8, 4) is 0 Å². The van der Waals surface area contributed by atoms with E-state index in [1.165, 1.54) is 4.88 Å². The molecule has 0 fully saturated rings. The van der Waals surface area contributed by atoms with Crippen LogP contribution in [0.15, 0.2) is 41.3 Å². The highest BCUT2D eigenvalue weighted by Gasteiger charge is 2.13. The summed E-state index contributed by atoms with van der Waals surface area (Å²) in [6.07, 6.45) is 0.975. The number of anilines is 1. The molecular weight excluding hydrogens is 292 g/mol. The highest BCUT2D eigenvalue weighted by Crippen LogP contribution is 2.18. The van der Waals surface area contributed by atoms with Gasteiger partial charge < -0.3 is 5.32 Å². The Hall–Kier alpha value is -1.37. The molecule has 1 aromatic carbocycles. The summed E-state index contributed by atoms with van der Waals surface area (Å²) in [5.41, 5.74) is 0.884. The van der Waals surface area contributed by atoms with E-state index in [-0.39, 0.29) is 4.90 Å². The molecule has 0 aliphatic carbocycles. The Labute approximate surface area is 123 Å². The van der Waals surface area contributed by atoms with E-state index < -0.39 is 10.0 Å². The van der Waals surface area contributed by atoms with Gasteiger partial charge in [-0.05, 0) is 42.8 Å². The number of benzene rings is 1. The third kappa shape index (κ3) is 3.59. The lowest BCUT2D eigenvalue weighted by molar-refractivity contribution is 0.582. The molecule has 0 bridgehead atoms. The zero-order valence-corrected chi connectivity index (χ0v) is 13.1. The molecule has 20 heavy (non-hydrogen) atoms. The van der Waals surface area contributed by atoms with Gasteiger partial charge in [-0.2, -0.15) is 0 Å². The van der Waals surface area contributed by atoms with E-state index in [9.17, 15) is 8.42 Å². The maximum Gasteiger partial charge on any atom is 0.240 e. The zero-order valence-electron chi connectivity index (χ0n) is 11.5. The van der Waals surface area contributed by atoms with Crippen LogP contribution in [0.4, 0.5) is 5.69 Å². The smallest absolute Gasteiger partial charge is 0.240 e. The molecule has 2 aromatic rings. The number of thiophene rings is 1. The second kappa shape index (κ2) is 6.39. The molecule has 2 N–H and O–H groups in total. The second-order valence-corrected chi connectivity index (χ2v) is 7.34. The molecule has 108 valence electrons. The molecule has 0 aliphatic heterocycles. The van der Waals surface area contributed by atoms with Gasteiger partial charge in [-0.1, -0.05) is 6.92 Å². The van der Waals surface area contributed by atoms with Gasteiger partial charge in [0.05, 0.1) is 4.90 Å². The predicted octanol–water partition coefficient (Wildman–Crippen LogP) is 2.83. The number of hydrogen-bond acceptors (Lipinski definition) is 4. The van der Waals surface area contributed by atoms with Crippen LogP contribution in [0.25, 0.3) is 0 Å². The minimum atomic E-state index is -3.45. The molecule has 4 nitrogen and oxygen atoms in total. The Morgan fingerprint density at radius 3 is 2.25 bits per heavy atom. The number of rotatable bonds is 6. The summed E-state index contributed by atoms with van der Waals surface area (Å²) in [5, 5.41) is 2.96. The van der Waals surface area contributed by atoms with Crippen LogP contribution in [-0.2, 0) is 23.0 Å². The predicted molar refractivity (Wildman–Crippen MR) is 83.7 cm³/mol. The maximum absolute atomic E-state index is 12.2. The first-order valence-electron chi connectivity index (χ1n) is 6.40. The number of sulfonamides is 1. The topological polar surface area (TPSA) is 58.2 Å². The van der Waals surface area contributed by atoms with Crippen molar-refractivity contribution in [3.63, 3.8) is 0 Å². The van der Waals surface area contributed by atoms with E-state index in [0.717, 1.165) is 17.0 Å². The SMILES string of the molecule is CCc1ccc(CNS(=O)(=O)c2ccc(NC)cc2)s1. The first-order valence-corrected chi connectivity index (χ1v) is 8.70. The van der Waals surface area contributed by atoms with Gasteiger partial charge in [0, 0.05) is 29.0 Å². The van der Waals surface area contributed by atoms with Gasteiger partial charge in [-0.25, -0.2) is 13.1 Å². The van der Waals surface area contributed by atoms with Gasteiger partial charge in [0.15, 0.2) is 0 Å². The Kier molecular flexibility index (Phi) is 4.80. The Morgan fingerprint density at radius 2 is 1.70 bits per heavy atom. The molecule has 0 unspecified atom stereocenters. The fourth-order valence-corrected chi connectivity index (χ4v) is 3.75. The molecule has 1 heterocycles. The number of aryl methyl sites for hydroxylation is 1. The largest absolute Gasteiger partial charge is 0.388 e. The molecule has 1 aromatic heterocycles. The fourth-order valence-electron chi connectivity index (χ4n) is 1.76. The van der Waals surface area contributed by atoms with Gasteiger partial charge in [0.2, 0.25) is 10.0 Å². The van der Waals surface area contributed by atoms with Gasteiger partial charge in [0.25, 0.3) is 0 Å². The van der Waals surface area contributed by atoms with Crippen LogP contribution in [-0.4, -0.2) is 15.5 Å². The lowest BCUT2D eigenvalue weighted by atomic mass is 10.3. The van der Waals surface area contributed by atoms with E-state index in [0.29, 0.717) is 6.54 Å². The Balaban J connectivity index is 2.06. The molecular formula is C14H18N2O2S2. The molecule has 0 aliphatic rings. The molecule has 2 rings (SSSR count). The lowest BCUT2D eigenvalue weighted by Crippen LogP contribution is -2.22. The third-order valence-corrected chi connectivity index (χ3v) is 5.60. The van der Waals surface area contributed by atoms with E-state index in [1.807, 2.05) is 12.1 Å². The Morgan fingerprint density at radius 1 is 1.05 bits per heavy atom. The van der Waals surface area contributed by atoms with Gasteiger partial charge in [-0.3, -0.25) is 0 Å². The first kappa shape index (κ1) is 15.0.